The maximum absolute atomic E-state index is 13.2. The van der Waals surface area contributed by atoms with Gasteiger partial charge in [0, 0.05) is 24.0 Å². The van der Waals surface area contributed by atoms with Crippen LogP contribution in [0.3, 0.4) is 0 Å². The second kappa shape index (κ2) is 7.62. The van der Waals surface area contributed by atoms with E-state index in [0.29, 0.717) is 16.8 Å². The second-order valence-corrected chi connectivity index (χ2v) is 5.89. The summed E-state index contributed by atoms with van der Waals surface area (Å²) in [5, 5.41) is 5.38. The average molecular weight is 344 g/mol. The van der Waals surface area contributed by atoms with Crippen molar-refractivity contribution in [3.8, 4) is 5.75 Å². The summed E-state index contributed by atoms with van der Waals surface area (Å²) in [4.78, 5) is 1.38. The normalized spacial score (nSPS) is 10.6. The lowest BCUT2D eigenvalue weighted by Crippen LogP contribution is -2.23. The van der Waals surface area contributed by atoms with E-state index in [1.165, 1.54) is 10.9 Å². The first-order valence-corrected chi connectivity index (χ1v) is 7.74. The van der Waals surface area contributed by atoms with Gasteiger partial charge in [-0.2, -0.15) is 0 Å². The zero-order chi connectivity index (χ0) is 13.5. The van der Waals surface area contributed by atoms with Crippen molar-refractivity contribution in [2.45, 2.75) is 6.42 Å². The molecule has 0 aliphatic rings. The highest BCUT2D eigenvalue weighted by molar-refractivity contribution is 9.10. The number of benzene rings is 1. The summed E-state index contributed by atoms with van der Waals surface area (Å²) in [5.74, 6) is 0.254. The van der Waals surface area contributed by atoms with Gasteiger partial charge in [0.2, 0.25) is 0 Å². The molecular weight excluding hydrogens is 329 g/mol. The van der Waals surface area contributed by atoms with Gasteiger partial charge in [-0.05, 0) is 45.9 Å². The SMILES string of the molecule is Fc1cc(OCCNCCc2cccs2)ccc1Br. The molecular formula is C14H15BrFNOS. The van der Waals surface area contributed by atoms with Crippen LogP contribution in [0.25, 0.3) is 0 Å². The van der Waals surface area contributed by atoms with Crippen LogP contribution >= 0.6 is 27.3 Å². The lowest BCUT2D eigenvalue weighted by molar-refractivity contribution is 0.313. The number of thiophene rings is 1. The van der Waals surface area contributed by atoms with Crippen molar-refractivity contribution in [1.29, 1.82) is 0 Å². The summed E-state index contributed by atoms with van der Waals surface area (Å²) < 4.78 is 19.1. The maximum atomic E-state index is 13.2. The van der Waals surface area contributed by atoms with Crippen LogP contribution in [0.15, 0.2) is 40.2 Å². The first-order valence-electron chi connectivity index (χ1n) is 6.06. The third-order valence-corrected chi connectivity index (χ3v) is 4.15. The first-order chi connectivity index (χ1) is 9.25. The molecule has 1 aromatic carbocycles. The summed E-state index contributed by atoms with van der Waals surface area (Å²) in [7, 11) is 0. The molecule has 2 rings (SSSR count). The molecule has 1 aromatic heterocycles. The topological polar surface area (TPSA) is 21.3 Å². The van der Waals surface area contributed by atoms with E-state index in [1.54, 1.807) is 23.5 Å². The van der Waals surface area contributed by atoms with Crippen LogP contribution in [0.5, 0.6) is 5.75 Å². The van der Waals surface area contributed by atoms with E-state index in [-0.39, 0.29) is 5.82 Å². The molecule has 0 spiro atoms. The predicted octanol–water partition coefficient (Wildman–Crippen LogP) is 3.86. The van der Waals surface area contributed by atoms with Crippen molar-refractivity contribution in [1.82, 2.24) is 5.32 Å². The van der Waals surface area contributed by atoms with E-state index in [9.17, 15) is 4.39 Å². The highest BCUT2D eigenvalue weighted by Crippen LogP contribution is 2.20. The molecule has 0 saturated carbocycles. The highest BCUT2D eigenvalue weighted by atomic mass is 79.9. The van der Waals surface area contributed by atoms with Gasteiger partial charge >= 0.3 is 0 Å². The average Bonchev–Trinajstić information content (AvgIpc) is 2.91. The molecule has 0 radical (unpaired) electrons. The van der Waals surface area contributed by atoms with Crippen molar-refractivity contribution >= 4 is 27.3 Å². The number of nitrogens with one attached hydrogen (secondary N) is 1. The first kappa shape index (κ1) is 14.5. The van der Waals surface area contributed by atoms with Gasteiger partial charge < -0.3 is 10.1 Å². The third-order valence-electron chi connectivity index (χ3n) is 2.57. The molecule has 0 atom stereocenters. The van der Waals surface area contributed by atoms with Crippen LogP contribution < -0.4 is 10.1 Å². The van der Waals surface area contributed by atoms with E-state index >= 15 is 0 Å². The molecule has 0 fully saturated rings. The summed E-state index contributed by atoms with van der Waals surface area (Å²) in [6.07, 6.45) is 1.03. The Labute approximate surface area is 124 Å². The Kier molecular flexibility index (Phi) is 5.82. The second-order valence-electron chi connectivity index (χ2n) is 4.00. The van der Waals surface area contributed by atoms with E-state index in [2.05, 4.69) is 38.8 Å². The number of hydrogen-bond acceptors (Lipinski definition) is 3. The quantitative estimate of drug-likeness (QED) is 0.770. The lowest BCUT2D eigenvalue weighted by Gasteiger charge is -2.07. The standard InChI is InChI=1S/C14H15BrFNOS/c15-13-4-3-11(10-14(13)16)18-8-7-17-6-5-12-2-1-9-19-12/h1-4,9-10,17H,5-8H2. The number of ether oxygens (including phenoxy) is 1. The Bertz CT molecular complexity index is 504. The minimum Gasteiger partial charge on any atom is -0.492 e. The van der Waals surface area contributed by atoms with Gasteiger partial charge in [-0.25, -0.2) is 4.39 Å². The molecule has 1 heterocycles. The van der Waals surface area contributed by atoms with Gasteiger partial charge in [0.15, 0.2) is 0 Å². The molecule has 0 aliphatic carbocycles. The third kappa shape index (κ3) is 4.93. The Morgan fingerprint density at radius 1 is 1.26 bits per heavy atom. The smallest absolute Gasteiger partial charge is 0.141 e. The number of rotatable bonds is 7. The maximum Gasteiger partial charge on any atom is 0.141 e. The van der Waals surface area contributed by atoms with Gasteiger partial charge in [0.05, 0.1) is 4.47 Å². The van der Waals surface area contributed by atoms with Crippen molar-refractivity contribution < 1.29 is 9.13 Å². The fraction of sp³-hybridized carbons (Fsp3) is 0.286. The molecule has 1 N–H and O–H groups in total. The van der Waals surface area contributed by atoms with Gasteiger partial charge in [0.1, 0.15) is 18.2 Å². The molecule has 0 saturated heterocycles. The Hall–Kier alpha value is -0.910. The largest absolute Gasteiger partial charge is 0.492 e. The monoisotopic (exact) mass is 343 g/mol. The van der Waals surface area contributed by atoms with Crippen molar-refractivity contribution in [3.63, 3.8) is 0 Å². The van der Waals surface area contributed by atoms with Crippen LogP contribution in [0.4, 0.5) is 4.39 Å². The molecule has 2 nitrogen and oxygen atoms in total. The van der Waals surface area contributed by atoms with Crippen molar-refractivity contribution in [2.24, 2.45) is 0 Å². The summed E-state index contributed by atoms with van der Waals surface area (Å²) in [6, 6.07) is 8.97. The van der Waals surface area contributed by atoms with Gasteiger partial charge in [-0.15, -0.1) is 11.3 Å². The van der Waals surface area contributed by atoms with E-state index < -0.39 is 0 Å². The fourth-order valence-corrected chi connectivity index (χ4v) is 2.55. The van der Waals surface area contributed by atoms with Crippen molar-refractivity contribution in [3.05, 3.63) is 50.9 Å². The van der Waals surface area contributed by atoms with Gasteiger partial charge in [0.25, 0.3) is 0 Å². The van der Waals surface area contributed by atoms with Gasteiger partial charge in [-0.3, -0.25) is 0 Å². The number of halogens is 2. The van der Waals surface area contributed by atoms with Crippen molar-refractivity contribution in [2.75, 3.05) is 19.7 Å². The van der Waals surface area contributed by atoms with E-state index in [0.717, 1.165) is 19.5 Å². The molecule has 0 aliphatic heterocycles. The summed E-state index contributed by atoms with van der Waals surface area (Å²) in [5.41, 5.74) is 0. The zero-order valence-electron chi connectivity index (χ0n) is 10.4. The molecule has 19 heavy (non-hydrogen) atoms. The lowest BCUT2D eigenvalue weighted by atomic mass is 10.3. The molecule has 2 aromatic rings. The summed E-state index contributed by atoms with van der Waals surface area (Å²) in [6.45, 7) is 2.22. The Balaban J connectivity index is 1.60. The minimum atomic E-state index is -0.303. The van der Waals surface area contributed by atoms with Gasteiger partial charge in [-0.1, -0.05) is 6.07 Å². The summed E-state index contributed by atoms with van der Waals surface area (Å²) >= 11 is 4.88. The molecule has 0 bridgehead atoms. The fourth-order valence-electron chi connectivity index (χ4n) is 1.60. The zero-order valence-corrected chi connectivity index (χ0v) is 12.8. The Morgan fingerprint density at radius 2 is 2.16 bits per heavy atom. The van der Waals surface area contributed by atoms with Crippen LogP contribution in [0.2, 0.25) is 0 Å². The van der Waals surface area contributed by atoms with Crippen LogP contribution in [0.1, 0.15) is 4.88 Å². The molecule has 0 unspecified atom stereocenters. The molecule has 102 valence electrons. The highest BCUT2D eigenvalue weighted by Gasteiger charge is 2.01. The molecule has 5 heteroatoms. The van der Waals surface area contributed by atoms with E-state index in [1.807, 2.05) is 0 Å². The minimum absolute atomic E-state index is 0.303. The van der Waals surface area contributed by atoms with E-state index in [4.69, 9.17) is 4.74 Å². The van der Waals surface area contributed by atoms with Crippen LogP contribution in [0, 0.1) is 5.82 Å². The Morgan fingerprint density at radius 3 is 2.89 bits per heavy atom. The van der Waals surface area contributed by atoms with Crippen LogP contribution in [-0.4, -0.2) is 19.7 Å². The number of hydrogen-bond donors (Lipinski definition) is 1. The van der Waals surface area contributed by atoms with Crippen LogP contribution in [-0.2, 0) is 6.42 Å². The predicted molar refractivity (Wildman–Crippen MR) is 80.5 cm³/mol. The molecule has 0 amide bonds.